The first kappa shape index (κ1) is 19.4. The maximum Gasteiger partial charge on any atom is 0.303 e. The number of carboxylic acid groups (broad SMARTS) is 1. The van der Waals surface area contributed by atoms with E-state index in [1.165, 1.54) is 0 Å². The summed E-state index contributed by atoms with van der Waals surface area (Å²) in [4.78, 5) is 23.5. The number of nitrogens with zero attached hydrogens (tertiary/aromatic N) is 1. The molecule has 2 aromatic carbocycles. The minimum atomic E-state index is -0.792. The van der Waals surface area contributed by atoms with Crippen molar-refractivity contribution < 1.29 is 14.7 Å². The number of benzene rings is 2. The Morgan fingerprint density at radius 2 is 1.82 bits per heavy atom. The van der Waals surface area contributed by atoms with Crippen molar-refractivity contribution in [2.45, 2.75) is 26.3 Å². The Morgan fingerprint density at radius 3 is 2.57 bits per heavy atom. The lowest BCUT2D eigenvalue weighted by Gasteiger charge is -2.07. The number of rotatable bonds is 8. The molecule has 1 N–H and O–H groups in total. The number of aryl methyl sites for hydroxylation is 2. The van der Waals surface area contributed by atoms with Crippen LogP contribution < -0.4 is 0 Å². The second kappa shape index (κ2) is 9.00. The molecule has 0 radical (unpaired) electrons. The van der Waals surface area contributed by atoms with E-state index in [2.05, 4.69) is 0 Å². The van der Waals surface area contributed by atoms with Crippen LogP contribution in [0.4, 0.5) is 0 Å². The molecule has 0 aliphatic carbocycles. The van der Waals surface area contributed by atoms with E-state index in [1.807, 2.05) is 90.5 Å². The van der Waals surface area contributed by atoms with Gasteiger partial charge in [-0.2, -0.15) is 0 Å². The third kappa shape index (κ3) is 5.07. The number of aromatic nitrogens is 1. The van der Waals surface area contributed by atoms with E-state index in [9.17, 15) is 9.59 Å². The monoisotopic (exact) mass is 373 g/mol. The van der Waals surface area contributed by atoms with E-state index < -0.39 is 5.97 Å². The smallest absolute Gasteiger partial charge is 0.303 e. The number of carboxylic acids is 1. The zero-order valence-corrected chi connectivity index (χ0v) is 15.8. The molecule has 3 rings (SSSR count). The second-order valence-corrected chi connectivity index (χ2v) is 6.78. The van der Waals surface area contributed by atoms with Crippen LogP contribution in [0, 0.1) is 6.92 Å². The molecule has 0 saturated heterocycles. The molecule has 1 aromatic heterocycles. The summed E-state index contributed by atoms with van der Waals surface area (Å²) in [7, 11) is 0. The van der Waals surface area contributed by atoms with Gasteiger partial charge in [0.15, 0.2) is 0 Å². The molecular weight excluding hydrogens is 350 g/mol. The number of aliphatic carboxylic acids is 1. The summed E-state index contributed by atoms with van der Waals surface area (Å²) in [5.41, 5.74) is 4.48. The summed E-state index contributed by atoms with van der Waals surface area (Å²) in [6.07, 6.45) is 6.53. The fraction of sp³-hybridized carbons (Fsp3) is 0.167. The van der Waals surface area contributed by atoms with Crippen LogP contribution >= 0.6 is 0 Å². The molecule has 1 heterocycles. The third-order valence-corrected chi connectivity index (χ3v) is 4.57. The first-order valence-corrected chi connectivity index (χ1v) is 9.27. The lowest BCUT2D eigenvalue weighted by atomic mass is 10.1. The van der Waals surface area contributed by atoms with Gasteiger partial charge in [-0.05, 0) is 36.6 Å². The van der Waals surface area contributed by atoms with Crippen molar-refractivity contribution in [3.05, 3.63) is 101 Å². The van der Waals surface area contributed by atoms with Gasteiger partial charge >= 0.3 is 5.97 Å². The Morgan fingerprint density at radius 1 is 1.04 bits per heavy atom. The van der Waals surface area contributed by atoms with Gasteiger partial charge in [0.2, 0.25) is 5.78 Å². The van der Waals surface area contributed by atoms with Gasteiger partial charge < -0.3 is 9.67 Å². The van der Waals surface area contributed by atoms with Crippen LogP contribution in [-0.2, 0) is 17.8 Å². The second-order valence-electron chi connectivity index (χ2n) is 6.78. The molecule has 0 atom stereocenters. The quantitative estimate of drug-likeness (QED) is 0.579. The molecule has 0 bridgehead atoms. The van der Waals surface area contributed by atoms with Crippen molar-refractivity contribution >= 4 is 17.8 Å². The molecule has 4 nitrogen and oxygen atoms in total. The van der Waals surface area contributed by atoms with Gasteiger partial charge in [0.25, 0.3) is 0 Å². The highest BCUT2D eigenvalue weighted by atomic mass is 16.4. The summed E-state index contributed by atoms with van der Waals surface area (Å²) >= 11 is 0. The SMILES string of the molecule is Cc1ccc(C(=O)c2cccn2C/C=C/c2cccc(CCC(=O)O)c2)cc1. The molecule has 0 unspecified atom stereocenters. The Balaban J connectivity index is 1.68. The molecule has 0 aliphatic heterocycles. The summed E-state index contributed by atoms with van der Waals surface area (Å²) in [6.45, 7) is 2.58. The molecule has 0 fully saturated rings. The highest BCUT2D eigenvalue weighted by Gasteiger charge is 2.12. The van der Waals surface area contributed by atoms with E-state index in [4.69, 9.17) is 5.11 Å². The maximum absolute atomic E-state index is 12.8. The fourth-order valence-corrected chi connectivity index (χ4v) is 3.04. The predicted octanol–water partition coefficient (Wildman–Crippen LogP) is 4.76. The average molecular weight is 373 g/mol. The average Bonchev–Trinajstić information content (AvgIpc) is 3.15. The topological polar surface area (TPSA) is 59.3 Å². The number of ketones is 1. The zero-order valence-electron chi connectivity index (χ0n) is 15.8. The van der Waals surface area contributed by atoms with Crippen molar-refractivity contribution in [1.29, 1.82) is 0 Å². The molecule has 0 spiro atoms. The normalized spacial score (nSPS) is 11.0. The van der Waals surface area contributed by atoms with Crippen molar-refractivity contribution in [3.8, 4) is 0 Å². The van der Waals surface area contributed by atoms with Crippen LogP contribution in [0.2, 0.25) is 0 Å². The largest absolute Gasteiger partial charge is 0.481 e. The van der Waals surface area contributed by atoms with E-state index in [0.29, 0.717) is 24.2 Å². The van der Waals surface area contributed by atoms with Gasteiger partial charge in [-0.3, -0.25) is 9.59 Å². The third-order valence-electron chi connectivity index (χ3n) is 4.57. The van der Waals surface area contributed by atoms with Gasteiger partial charge in [-0.25, -0.2) is 0 Å². The summed E-state index contributed by atoms with van der Waals surface area (Å²) in [5.74, 6) is -0.784. The van der Waals surface area contributed by atoms with Crippen molar-refractivity contribution in [2.24, 2.45) is 0 Å². The van der Waals surface area contributed by atoms with Crippen molar-refractivity contribution in [3.63, 3.8) is 0 Å². The van der Waals surface area contributed by atoms with Crippen LogP contribution in [-0.4, -0.2) is 21.4 Å². The van der Waals surface area contributed by atoms with E-state index in [1.54, 1.807) is 0 Å². The molecule has 142 valence electrons. The number of carbonyl (C=O) groups excluding carboxylic acids is 1. The molecular formula is C24H23NO3. The molecule has 0 saturated carbocycles. The fourth-order valence-electron chi connectivity index (χ4n) is 3.04. The summed E-state index contributed by atoms with van der Waals surface area (Å²) in [6, 6.07) is 19.1. The Bertz CT molecular complexity index is 997. The Labute approximate surface area is 164 Å². The Kier molecular flexibility index (Phi) is 6.22. The predicted molar refractivity (Wildman–Crippen MR) is 110 cm³/mol. The van der Waals surface area contributed by atoms with E-state index in [-0.39, 0.29) is 12.2 Å². The van der Waals surface area contributed by atoms with Gasteiger partial charge in [-0.1, -0.05) is 66.2 Å². The molecule has 4 heteroatoms. The summed E-state index contributed by atoms with van der Waals surface area (Å²) in [5, 5.41) is 8.81. The molecule has 0 amide bonds. The van der Waals surface area contributed by atoms with Crippen LogP contribution in [0.25, 0.3) is 6.08 Å². The standard InChI is InChI=1S/C24H23NO3/c1-18-9-12-21(13-10-18)24(28)22-8-4-16-25(22)15-3-7-19-5-2-6-20(17-19)11-14-23(26)27/h2-10,12-13,16-17H,11,14-15H2,1H3,(H,26,27)/b7-3+. The van der Waals surface area contributed by atoms with Crippen molar-refractivity contribution in [2.75, 3.05) is 0 Å². The van der Waals surface area contributed by atoms with Gasteiger partial charge in [0.1, 0.15) is 0 Å². The highest BCUT2D eigenvalue weighted by Crippen LogP contribution is 2.13. The molecule has 0 aliphatic rings. The minimum absolute atomic E-state index is 0.00840. The highest BCUT2D eigenvalue weighted by molar-refractivity contribution is 6.08. The number of allylic oxidation sites excluding steroid dienone is 1. The van der Waals surface area contributed by atoms with Crippen LogP contribution in [0.5, 0.6) is 0 Å². The van der Waals surface area contributed by atoms with Gasteiger partial charge in [0, 0.05) is 24.7 Å². The summed E-state index contributed by atoms with van der Waals surface area (Å²) < 4.78 is 1.92. The van der Waals surface area contributed by atoms with Gasteiger partial charge in [-0.15, -0.1) is 0 Å². The number of carbonyl (C=O) groups is 2. The van der Waals surface area contributed by atoms with Crippen LogP contribution in [0.15, 0.2) is 72.9 Å². The minimum Gasteiger partial charge on any atom is -0.481 e. The van der Waals surface area contributed by atoms with Crippen LogP contribution in [0.3, 0.4) is 0 Å². The lowest BCUT2D eigenvalue weighted by Crippen LogP contribution is -2.09. The van der Waals surface area contributed by atoms with Crippen molar-refractivity contribution in [1.82, 2.24) is 4.57 Å². The first-order chi connectivity index (χ1) is 13.5. The molecule has 28 heavy (non-hydrogen) atoms. The maximum atomic E-state index is 12.8. The van der Waals surface area contributed by atoms with Crippen LogP contribution in [0.1, 0.15) is 39.2 Å². The van der Waals surface area contributed by atoms with E-state index >= 15 is 0 Å². The van der Waals surface area contributed by atoms with Gasteiger partial charge in [0.05, 0.1) is 5.69 Å². The lowest BCUT2D eigenvalue weighted by molar-refractivity contribution is -0.136. The zero-order chi connectivity index (χ0) is 19.9. The number of hydrogen-bond donors (Lipinski definition) is 1. The number of hydrogen-bond acceptors (Lipinski definition) is 2. The van der Waals surface area contributed by atoms with E-state index in [0.717, 1.165) is 16.7 Å². The molecule has 3 aromatic rings. The Hall–Kier alpha value is -3.40. The first-order valence-electron chi connectivity index (χ1n) is 9.27.